The van der Waals surface area contributed by atoms with Gasteiger partial charge in [0.05, 0.1) is 17.0 Å². The number of amides is 1. The number of hydrogen-bond acceptors (Lipinski definition) is 5. The van der Waals surface area contributed by atoms with Crippen LogP contribution < -0.4 is 5.32 Å². The third-order valence-electron chi connectivity index (χ3n) is 3.44. The van der Waals surface area contributed by atoms with Gasteiger partial charge in [-0.15, -0.1) is 22.7 Å². The monoisotopic (exact) mass is 307 g/mol. The summed E-state index contributed by atoms with van der Waals surface area (Å²) in [5, 5.41) is 8.36. The molecule has 0 bridgehead atoms. The largest absolute Gasteiger partial charge is 0.337 e. The van der Waals surface area contributed by atoms with Gasteiger partial charge in [-0.05, 0) is 18.4 Å². The van der Waals surface area contributed by atoms with Crippen LogP contribution in [0, 0.1) is 0 Å². The lowest BCUT2D eigenvalue weighted by atomic mass is 10.2. The number of carbonyl (C=O) groups is 1. The fourth-order valence-electron chi connectivity index (χ4n) is 2.37. The Morgan fingerprint density at radius 3 is 3.20 bits per heavy atom. The van der Waals surface area contributed by atoms with Crippen molar-refractivity contribution in [3.63, 3.8) is 0 Å². The van der Waals surface area contributed by atoms with Crippen LogP contribution in [0.4, 0.5) is 0 Å². The molecule has 0 aromatic carbocycles. The van der Waals surface area contributed by atoms with Crippen molar-refractivity contribution in [2.24, 2.45) is 0 Å². The van der Waals surface area contributed by atoms with E-state index in [1.807, 2.05) is 21.7 Å². The Bertz CT molecular complexity index is 579. The van der Waals surface area contributed by atoms with Crippen LogP contribution in [-0.2, 0) is 11.2 Å². The minimum Gasteiger partial charge on any atom is -0.337 e. The summed E-state index contributed by atoms with van der Waals surface area (Å²) in [5.41, 5.74) is 0.883. The van der Waals surface area contributed by atoms with Crippen molar-refractivity contribution in [3.8, 4) is 9.88 Å². The molecule has 2 aromatic heterocycles. The predicted molar refractivity (Wildman–Crippen MR) is 83.2 cm³/mol. The van der Waals surface area contributed by atoms with Gasteiger partial charge >= 0.3 is 0 Å². The van der Waals surface area contributed by atoms with E-state index in [-0.39, 0.29) is 11.9 Å². The lowest BCUT2D eigenvalue weighted by Gasteiger charge is -2.33. The average Bonchev–Trinajstić information content (AvgIpc) is 3.09. The second-order valence-corrected chi connectivity index (χ2v) is 6.74. The van der Waals surface area contributed by atoms with E-state index in [0.717, 1.165) is 30.3 Å². The summed E-state index contributed by atoms with van der Waals surface area (Å²) in [6.45, 7) is 4.64. The first kappa shape index (κ1) is 13.7. The van der Waals surface area contributed by atoms with Gasteiger partial charge in [0, 0.05) is 31.1 Å². The molecule has 2 aromatic rings. The van der Waals surface area contributed by atoms with Gasteiger partial charge in [-0.3, -0.25) is 4.79 Å². The average molecular weight is 307 g/mol. The smallest absolute Gasteiger partial charge is 0.228 e. The second-order valence-electron chi connectivity index (χ2n) is 4.94. The lowest BCUT2D eigenvalue weighted by Crippen LogP contribution is -2.52. The van der Waals surface area contributed by atoms with E-state index in [1.54, 1.807) is 22.7 Å². The number of carbonyl (C=O) groups excluding carboxylic acids is 1. The number of aromatic nitrogens is 1. The Morgan fingerprint density at radius 2 is 2.45 bits per heavy atom. The maximum Gasteiger partial charge on any atom is 0.228 e. The molecular formula is C14H17N3OS2. The molecule has 0 aliphatic carbocycles. The molecule has 0 radical (unpaired) electrons. The van der Waals surface area contributed by atoms with E-state index in [0.29, 0.717) is 6.42 Å². The molecule has 0 unspecified atom stereocenters. The standard InChI is InChI=1S/C14H17N3OS2/c1-10-8-15-4-5-17(10)13(18)7-11-9-20-14(16-11)12-3-2-6-19-12/h2-3,6,9-10,15H,4-5,7-8H2,1H3/t10-/m0/s1. The van der Waals surface area contributed by atoms with Gasteiger partial charge in [-0.25, -0.2) is 4.98 Å². The first-order chi connectivity index (χ1) is 9.74. The van der Waals surface area contributed by atoms with Crippen LogP contribution in [-0.4, -0.2) is 41.5 Å². The fraction of sp³-hybridized carbons (Fsp3) is 0.429. The predicted octanol–water partition coefficient (Wildman–Crippen LogP) is 2.23. The normalized spacial score (nSPS) is 19.2. The molecule has 1 aliphatic rings. The topological polar surface area (TPSA) is 45.2 Å². The van der Waals surface area contributed by atoms with Gasteiger partial charge < -0.3 is 10.2 Å². The summed E-state index contributed by atoms with van der Waals surface area (Å²) >= 11 is 3.29. The van der Waals surface area contributed by atoms with Gasteiger partial charge in [0.2, 0.25) is 5.91 Å². The fourth-order valence-corrected chi connectivity index (χ4v) is 4.00. The summed E-state index contributed by atoms with van der Waals surface area (Å²) in [4.78, 5) is 20.0. The molecule has 1 amide bonds. The van der Waals surface area contributed by atoms with Crippen molar-refractivity contribution >= 4 is 28.6 Å². The molecule has 0 spiro atoms. The van der Waals surface area contributed by atoms with Crippen molar-refractivity contribution in [2.45, 2.75) is 19.4 Å². The Morgan fingerprint density at radius 1 is 1.55 bits per heavy atom. The zero-order valence-electron chi connectivity index (χ0n) is 11.3. The summed E-state index contributed by atoms with van der Waals surface area (Å²) in [5.74, 6) is 0.182. The first-order valence-electron chi connectivity index (χ1n) is 6.72. The quantitative estimate of drug-likeness (QED) is 0.946. The van der Waals surface area contributed by atoms with Gasteiger partial charge in [-0.2, -0.15) is 0 Å². The lowest BCUT2D eigenvalue weighted by molar-refractivity contribution is -0.133. The van der Waals surface area contributed by atoms with Crippen LogP contribution in [0.3, 0.4) is 0 Å². The van der Waals surface area contributed by atoms with E-state index in [2.05, 4.69) is 23.3 Å². The van der Waals surface area contributed by atoms with Crippen LogP contribution >= 0.6 is 22.7 Å². The molecule has 3 heterocycles. The minimum absolute atomic E-state index is 0.182. The number of nitrogens with one attached hydrogen (secondary N) is 1. The SMILES string of the molecule is C[C@H]1CNCCN1C(=O)Cc1csc(-c2cccs2)n1. The van der Waals surface area contributed by atoms with Crippen molar-refractivity contribution in [2.75, 3.05) is 19.6 Å². The summed E-state index contributed by atoms with van der Waals surface area (Å²) in [6.07, 6.45) is 0.409. The molecule has 6 heteroatoms. The van der Waals surface area contributed by atoms with Gasteiger partial charge in [0.25, 0.3) is 0 Å². The van der Waals surface area contributed by atoms with E-state index >= 15 is 0 Å². The van der Waals surface area contributed by atoms with Crippen LogP contribution in [0.25, 0.3) is 9.88 Å². The highest BCUT2D eigenvalue weighted by molar-refractivity contribution is 7.20. The number of hydrogen-bond donors (Lipinski definition) is 1. The van der Waals surface area contributed by atoms with Gasteiger partial charge in [-0.1, -0.05) is 6.07 Å². The third kappa shape index (κ3) is 2.92. The molecule has 106 valence electrons. The molecule has 0 saturated carbocycles. The zero-order chi connectivity index (χ0) is 13.9. The molecule has 1 atom stereocenters. The number of thiazole rings is 1. The Balaban J connectivity index is 1.67. The van der Waals surface area contributed by atoms with E-state index in [1.165, 1.54) is 4.88 Å². The maximum absolute atomic E-state index is 12.3. The first-order valence-corrected chi connectivity index (χ1v) is 8.48. The molecule has 20 heavy (non-hydrogen) atoms. The van der Waals surface area contributed by atoms with Crippen molar-refractivity contribution in [3.05, 3.63) is 28.6 Å². The molecule has 3 rings (SSSR count). The van der Waals surface area contributed by atoms with Crippen LogP contribution in [0.15, 0.2) is 22.9 Å². The third-order valence-corrected chi connectivity index (χ3v) is 5.37. The zero-order valence-corrected chi connectivity index (χ0v) is 13.0. The minimum atomic E-state index is 0.182. The molecule has 1 fully saturated rings. The van der Waals surface area contributed by atoms with E-state index in [9.17, 15) is 4.79 Å². The number of thiophene rings is 1. The summed E-state index contributed by atoms with van der Waals surface area (Å²) in [7, 11) is 0. The molecule has 1 aliphatic heterocycles. The van der Waals surface area contributed by atoms with Crippen LogP contribution in [0.2, 0.25) is 0 Å². The summed E-state index contributed by atoms with van der Waals surface area (Å²) < 4.78 is 0. The van der Waals surface area contributed by atoms with E-state index < -0.39 is 0 Å². The highest BCUT2D eigenvalue weighted by Crippen LogP contribution is 2.28. The molecule has 1 N–H and O–H groups in total. The maximum atomic E-state index is 12.3. The highest BCUT2D eigenvalue weighted by Gasteiger charge is 2.23. The second kappa shape index (κ2) is 6.03. The molecular weight excluding hydrogens is 290 g/mol. The Labute approximate surface area is 126 Å². The summed E-state index contributed by atoms with van der Waals surface area (Å²) in [6, 6.07) is 4.36. The van der Waals surface area contributed by atoms with Crippen molar-refractivity contribution in [1.82, 2.24) is 15.2 Å². The van der Waals surface area contributed by atoms with Crippen molar-refractivity contribution in [1.29, 1.82) is 0 Å². The van der Waals surface area contributed by atoms with Gasteiger partial charge in [0.15, 0.2) is 0 Å². The van der Waals surface area contributed by atoms with Crippen LogP contribution in [0.1, 0.15) is 12.6 Å². The van der Waals surface area contributed by atoms with Gasteiger partial charge in [0.1, 0.15) is 5.01 Å². The number of rotatable bonds is 3. The molecule has 4 nitrogen and oxygen atoms in total. The van der Waals surface area contributed by atoms with Crippen LogP contribution in [0.5, 0.6) is 0 Å². The number of piperazine rings is 1. The Kier molecular flexibility index (Phi) is 4.14. The highest BCUT2D eigenvalue weighted by atomic mass is 32.1. The molecule has 1 saturated heterocycles. The van der Waals surface area contributed by atoms with E-state index in [4.69, 9.17) is 0 Å². The Hall–Kier alpha value is -1.24. The van der Waals surface area contributed by atoms with Crippen molar-refractivity contribution < 1.29 is 4.79 Å². The number of nitrogens with zero attached hydrogens (tertiary/aromatic N) is 2.